The van der Waals surface area contributed by atoms with Gasteiger partial charge in [0.15, 0.2) is 0 Å². The molecule has 0 spiro atoms. The van der Waals surface area contributed by atoms with Crippen molar-refractivity contribution in [3.63, 3.8) is 0 Å². The minimum Gasteiger partial charge on any atom is -0.508 e. The van der Waals surface area contributed by atoms with Crippen LogP contribution in [0, 0.1) is 13.8 Å². The van der Waals surface area contributed by atoms with E-state index < -0.39 is 0 Å². The average molecular weight is 195 g/mol. The molecule has 3 heteroatoms. The Bertz CT molecular complexity index is 321. The summed E-state index contributed by atoms with van der Waals surface area (Å²) in [6.45, 7) is 5.46. The standard InChI is InChI=1S/C11H17NO2/c1-4-8(12)10-7(3)9(13)5-6(2)11(10)14/h5,8,13-14H,4,12H2,1-3H3. The van der Waals surface area contributed by atoms with E-state index in [2.05, 4.69) is 0 Å². The molecular weight excluding hydrogens is 178 g/mol. The Balaban J connectivity index is 3.39. The van der Waals surface area contributed by atoms with E-state index in [0.717, 1.165) is 6.42 Å². The van der Waals surface area contributed by atoms with E-state index in [1.54, 1.807) is 19.9 Å². The molecule has 4 N–H and O–H groups in total. The largest absolute Gasteiger partial charge is 0.508 e. The van der Waals surface area contributed by atoms with Gasteiger partial charge in [-0.1, -0.05) is 6.92 Å². The topological polar surface area (TPSA) is 66.5 Å². The zero-order valence-electron chi connectivity index (χ0n) is 8.83. The molecule has 78 valence electrons. The normalized spacial score (nSPS) is 12.9. The Morgan fingerprint density at radius 1 is 1.36 bits per heavy atom. The highest BCUT2D eigenvalue weighted by atomic mass is 16.3. The lowest BCUT2D eigenvalue weighted by Gasteiger charge is -2.17. The van der Waals surface area contributed by atoms with Crippen molar-refractivity contribution < 1.29 is 10.2 Å². The van der Waals surface area contributed by atoms with Crippen LogP contribution in [-0.2, 0) is 0 Å². The van der Waals surface area contributed by atoms with E-state index in [9.17, 15) is 10.2 Å². The number of aryl methyl sites for hydroxylation is 1. The lowest BCUT2D eigenvalue weighted by molar-refractivity contribution is 0.440. The molecule has 3 nitrogen and oxygen atoms in total. The molecule has 0 bridgehead atoms. The Hall–Kier alpha value is -1.22. The second-order valence-electron chi connectivity index (χ2n) is 3.61. The molecular formula is C11H17NO2. The zero-order valence-corrected chi connectivity index (χ0v) is 8.83. The van der Waals surface area contributed by atoms with E-state index in [0.29, 0.717) is 16.7 Å². The highest BCUT2D eigenvalue weighted by Crippen LogP contribution is 2.36. The molecule has 0 aliphatic heterocycles. The van der Waals surface area contributed by atoms with Crippen LogP contribution in [0.15, 0.2) is 6.07 Å². The van der Waals surface area contributed by atoms with Crippen molar-refractivity contribution in [2.75, 3.05) is 0 Å². The summed E-state index contributed by atoms with van der Waals surface area (Å²) >= 11 is 0. The fourth-order valence-corrected chi connectivity index (χ4v) is 1.57. The van der Waals surface area contributed by atoms with Gasteiger partial charge in [-0.05, 0) is 37.5 Å². The molecule has 0 aliphatic rings. The van der Waals surface area contributed by atoms with Gasteiger partial charge in [0.2, 0.25) is 0 Å². The molecule has 1 unspecified atom stereocenters. The zero-order chi connectivity index (χ0) is 10.9. The molecule has 0 heterocycles. The maximum Gasteiger partial charge on any atom is 0.123 e. The van der Waals surface area contributed by atoms with Crippen LogP contribution < -0.4 is 5.73 Å². The van der Waals surface area contributed by atoms with Crippen molar-refractivity contribution >= 4 is 0 Å². The van der Waals surface area contributed by atoms with Gasteiger partial charge in [0.05, 0.1) is 0 Å². The smallest absolute Gasteiger partial charge is 0.123 e. The van der Waals surface area contributed by atoms with Crippen molar-refractivity contribution in [3.05, 3.63) is 22.8 Å². The average Bonchev–Trinajstić information content (AvgIpc) is 2.15. The fraction of sp³-hybridized carbons (Fsp3) is 0.455. The van der Waals surface area contributed by atoms with Crippen LogP contribution in [0.3, 0.4) is 0 Å². The Morgan fingerprint density at radius 2 is 1.93 bits per heavy atom. The van der Waals surface area contributed by atoms with Gasteiger partial charge in [0, 0.05) is 11.6 Å². The number of benzene rings is 1. The minimum atomic E-state index is -0.221. The third-order valence-corrected chi connectivity index (χ3v) is 2.58. The first kappa shape index (κ1) is 10.9. The monoisotopic (exact) mass is 195 g/mol. The summed E-state index contributed by atoms with van der Waals surface area (Å²) in [7, 11) is 0. The van der Waals surface area contributed by atoms with Gasteiger partial charge in [-0.2, -0.15) is 0 Å². The van der Waals surface area contributed by atoms with Crippen LogP contribution >= 0.6 is 0 Å². The first-order chi connectivity index (χ1) is 6.49. The molecule has 0 saturated carbocycles. The van der Waals surface area contributed by atoms with E-state index in [-0.39, 0.29) is 17.5 Å². The molecule has 1 aromatic rings. The number of aromatic hydroxyl groups is 2. The summed E-state index contributed by atoms with van der Waals surface area (Å²) in [6, 6.07) is 1.33. The predicted molar refractivity (Wildman–Crippen MR) is 56.5 cm³/mol. The molecule has 1 aromatic carbocycles. The second-order valence-corrected chi connectivity index (χ2v) is 3.61. The number of hydrogen-bond acceptors (Lipinski definition) is 3. The third-order valence-electron chi connectivity index (χ3n) is 2.58. The summed E-state index contributed by atoms with van der Waals surface area (Å²) in [5, 5.41) is 19.4. The molecule has 0 aliphatic carbocycles. The highest BCUT2D eigenvalue weighted by Gasteiger charge is 2.16. The van der Waals surface area contributed by atoms with E-state index in [1.165, 1.54) is 0 Å². The van der Waals surface area contributed by atoms with Crippen molar-refractivity contribution in [2.24, 2.45) is 5.73 Å². The van der Waals surface area contributed by atoms with Gasteiger partial charge in [0.1, 0.15) is 11.5 Å². The Labute approximate surface area is 84.2 Å². The van der Waals surface area contributed by atoms with Gasteiger partial charge in [0.25, 0.3) is 0 Å². The van der Waals surface area contributed by atoms with Gasteiger partial charge in [-0.15, -0.1) is 0 Å². The molecule has 0 radical (unpaired) electrons. The molecule has 1 atom stereocenters. The number of nitrogens with two attached hydrogens (primary N) is 1. The number of phenolic OH excluding ortho intramolecular Hbond substituents is 2. The first-order valence-corrected chi connectivity index (χ1v) is 4.76. The molecule has 1 rings (SSSR count). The van der Waals surface area contributed by atoms with E-state index in [4.69, 9.17) is 5.73 Å². The van der Waals surface area contributed by atoms with Gasteiger partial charge in [-0.3, -0.25) is 0 Å². The van der Waals surface area contributed by atoms with Crippen LogP contribution in [0.1, 0.15) is 36.1 Å². The van der Waals surface area contributed by atoms with Gasteiger partial charge >= 0.3 is 0 Å². The summed E-state index contributed by atoms with van der Waals surface area (Å²) < 4.78 is 0. The fourth-order valence-electron chi connectivity index (χ4n) is 1.57. The summed E-state index contributed by atoms with van der Waals surface area (Å²) in [6.07, 6.45) is 0.733. The number of hydrogen-bond donors (Lipinski definition) is 3. The quantitative estimate of drug-likeness (QED) is 0.633. The SMILES string of the molecule is CCC(N)c1c(C)c(O)cc(C)c1O. The number of phenols is 2. The minimum absolute atomic E-state index is 0.194. The Kier molecular flexibility index (Phi) is 3.01. The lowest BCUT2D eigenvalue weighted by atomic mass is 9.95. The molecule has 0 aromatic heterocycles. The van der Waals surface area contributed by atoms with Gasteiger partial charge in [-0.25, -0.2) is 0 Å². The van der Waals surface area contributed by atoms with Crippen LogP contribution in [0.4, 0.5) is 0 Å². The third kappa shape index (κ3) is 1.68. The van der Waals surface area contributed by atoms with Crippen LogP contribution in [-0.4, -0.2) is 10.2 Å². The Morgan fingerprint density at radius 3 is 2.43 bits per heavy atom. The van der Waals surface area contributed by atoms with E-state index >= 15 is 0 Å². The molecule has 0 saturated heterocycles. The second kappa shape index (κ2) is 3.88. The van der Waals surface area contributed by atoms with Crippen molar-refractivity contribution in [1.29, 1.82) is 0 Å². The van der Waals surface area contributed by atoms with Crippen LogP contribution in [0.25, 0.3) is 0 Å². The van der Waals surface area contributed by atoms with Crippen molar-refractivity contribution in [1.82, 2.24) is 0 Å². The highest BCUT2D eigenvalue weighted by molar-refractivity contribution is 5.52. The van der Waals surface area contributed by atoms with Gasteiger partial charge < -0.3 is 15.9 Å². The summed E-state index contributed by atoms with van der Waals surface area (Å²) in [5.74, 6) is 0.397. The predicted octanol–water partition coefficient (Wildman–Crippen LogP) is 2.12. The lowest BCUT2D eigenvalue weighted by Crippen LogP contribution is -2.11. The molecule has 0 amide bonds. The summed E-state index contributed by atoms with van der Waals surface area (Å²) in [5.41, 5.74) is 7.85. The number of rotatable bonds is 2. The van der Waals surface area contributed by atoms with Crippen molar-refractivity contribution in [2.45, 2.75) is 33.2 Å². The maximum absolute atomic E-state index is 9.81. The van der Waals surface area contributed by atoms with Crippen LogP contribution in [0.5, 0.6) is 11.5 Å². The van der Waals surface area contributed by atoms with Crippen molar-refractivity contribution in [3.8, 4) is 11.5 Å². The first-order valence-electron chi connectivity index (χ1n) is 4.76. The molecule has 0 fully saturated rings. The summed E-state index contributed by atoms with van der Waals surface area (Å²) in [4.78, 5) is 0. The maximum atomic E-state index is 9.81. The van der Waals surface area contributed by atoms with Crippen LogP contribution in [0.2, 0.25) is 0 Å². The van der Waals surface area contributed by atoms with E-state index in [1.807, 2.05) is 6.92 Å². The molecule has 14 heavy (non-hydrogen) atoms.